The second-order valence-electron chi connectivity index (χ2n) is 4.96. The molecule has 1 aromatic rings. The third kappa shape index (κ3) is 6.97. The summed E-state index contributed by atoms with van der Waals surface area (Å²) in [4.78, 5) is 52.6. The molecule has 0 aliphatic heterocycles. The normalized spacial score (nSPS) is 12.7. The SMILES string of the molecule is NCC(=O)NCC(=O)NC(Cc1cnc[nH]1)C(=O)NC(CO)C(=O)O. The van der Waals surface area contributed by atoms with Gasteiger partial charge < -0.3 is 36.9 Å². The quantitative estimate of drug-likeness (QED) is 0.220. The molecule has 8 N–H and O–H groups in total. The molecule has 0 spiro atoms. The van der Waals surface area contributed by atoms with E-state index in [-0.39, 0.29) is 13.0 Å². The highest BCUT2D eigenvalue weighted by molar-refractivity contribution is 5.92. The minimum absolute atomic E-state index is 0.000175. The second-order valence-corrected chi connectivity index (χ2v) is 4.96. The van der Waals surface area contributed by atoms with Crippen molar-refractivity contribution in [2.75, 3.05) is 19.7 Å². The molecule has 1 rings (SSSR count). The van der Waals surface area contributed by atoms with Crippen molar-refractivity contribution >= 4 is 23.7 Å². The zero-order chi connectivity index (χ0) is 18.8. The fourth-order valence-corrected chi connectivity index (χ4v) is 1.78. The smallest absolute Gasteiger partial charge is 0.328 e. The van der Waals surface area contributed by atoms with Gasteiger partial charge in [0, 0.05) is 18.3 Å². The molecule has 0 bridgehead atoms. The van der Waals surface area contributed by atoms with E-state index in [2.05, 4.69) is 25.9 Å². The zero-order valence-electron chi connectivity index (χ0n) is 13.2. The summed E-state index contributed by atoms with van der Waals surface area (Å²) in [6, 6.07) is -2.65. The summed E-state index contributed by atoms with van der Waals surface area (Å²) < 4.78 is 0. The van der Waals surface area contributed by atoms with Crippen molar-refractivity contribution in [3.8, 4) is 0 Å². The summed E-state index contributed by atoms with van der Waals surface area (Å²) in [5.41, 5.74) is 5.61. The first kappa shape index (κ1) is 20.1. The van der Waals surface area contributed by atoms with Crippen molar-refractivity contribution in [3.63, 3.8) is 0 Å². The lowest BCUT2D eigenvalue weighted by Crippen LogP contribution is -2.54. The number of carbonyl (C=O) groups excluding carboxylic acids is 3. The predicted octanol–water partition coefficient (Wildman–Crippen LogP) is -3.93. The molecule has 0 saturated carbocycles. The van der Waals surface area contributed by atoms with Crippen molar-refractivity contribution < 1.29 is 29.4 Å². The molecule has 2 atom stereocenters. The number of amides is 3. The number of imidazole rings is 1. The van der Waals surface area contributed by atoms with Gasteiger partial charge in [-0.05, 0) is 0 Å². The third-order valence-electron chi connectivity index (χ3n) is 3.06. The Labute approximate surface area is 142 Å². The van der Waals surface area contributed by atoms with Gasteiger partial charge in [-0.15, -0.1) is 0 Å². The molecule has 3 amide bonds. The van der Waals surface area contributed by atoms with E-state index in [1.807, 2.05) is 0 Å². The molecular formula is C13H20N6O6. The van der Waals surface area contributed by atoms with Gasteiger partial charge >= 0.3 is 5.97 Å². The third-order valence-corrected chi connectivity index (χ3v) is 3.06. The van der Waals surface area contributed by atoms with Crippen molar-refractivity contribution in [1.29, 1.82) is 0 Å². The highest BCUT2D eigenvalue weighted by atomic mass is 16.4. The van der Waals surface area contributed by atoms with E-state index in [4.69, 9.17) is 15.9 Å². The molecule has 25 heavy (non-hydrogen) atoms. The van der Waals surface area contributed by atoms with Gasteiger partial charge in [0.15, 0.2) is 0 Å². The van der Waals surface area contributed by atoms with Crippen molar-refractivity contribution in [2.45, 2.75) is 18.5 Å². The number of aromatic amines is 1. The Bertz CT molecular complexity index is 604. The van der Waals surface area contributed by atoms with Crippen LogP contribution in [0.3, 0.4) is 0 Å². The molecule has 2 unspecified atom stereocenters. The molecular weight excluding hydrogens is 336 g/mol. The maximum absolute atomic E-state index is 12.2. The molecule has 1 aromatic heterocycles. The summed E-state index contributed by atoms with van der Waals surface area (Å²) >= 11 is 0. The average molecular weight is 356 g/mol. The monoisotopic (exact) mass is 356 g/mol. The van der Waals surface area contributed by atoms with Crippen LogP contribution in [0.2, 0.25) is 0 Å². The Kier molecular flexibility index (Phi) is 8.02. The number of hydrogen-bond acceptors (Lipinski definition) is 7. The lowest BCUT2D eigenvalue weighted by atomic mass is 10.1. The van der Waals surface area contributed by atoms with Crippen LogP contribution >= 0.6 is 0 Å². The van der Waals surface area contributed by atoms with Crippen LogP contribution in [0.15, 0.2) is 12.5 Å². The van der Waals surface area contributed by atoms with E-state index in [1.54, 1.807) is 0 Å². The summed E-state index contributed by atoms with van der Waals surface area (Å²) in [5.74, 6) is -3.44. The molecule has 0 radical (unpaired) electrons. The average Bonchev–Trinajstić information content (AvgIpc) is 3.09. The number of H-pyrrole nitrogens is 1. The molecule has 0 aliphatic carbocycles. The highest BCUT2D eigenvalue weighted by Gasteiger charge is 2.26. The number of hydrogen-bond donors (Lipinski definition) is 7. The number of aliphatic carboxylic acids is 1. The van der Waals surface area contributed by atoms with Gasteiger partial charge in [-0.1, -0.05) is 0 Å². The first-order valence-corrected chi connectivity index (χ1v) is 7.24. The van der Waals surface area contributed by atoms with Gasteiger partial charge in [0.2, 0.25) is 17.7 Å². The Morgan fingerprint density at radius 3 is 2.44 bits per heavy atom. The number of rotatable bonds is 10. The van der Waals surface area contributed by atoms with Crippen LogP contribution in [-0.2, 0) is 25.6 Å². The van der Waals surface area contributed by atoms with Crippen LogP contribution < -0.4 is 21.7 Å². The Hall–Kier alpha value is -2.99. The van der Waals surface area contributed by atoms with Crippen molar-refractivity contribution in [2.24, 2.45) is 5.73 Å². The number of aromatic nitrogens is 2. The number of aliphatic hydroxyl groups is 1. The zero-order valence-corrected chi connectivity index (χ0v) is 13.2. The molecule has 12 heteroatoms. The first-order chi connectivity index (χ1) is 11.9. The van der Waals surface area contributed by atoms with Crippen LogP contribution in [0.25, 0.3) is 0 Å². The van der Waals surface area contributed by atoms with Crippen molar-refractivity contribution in [1.82, 2.24) is 25.9 Å². The van der Waals surface area contributed by atoms with Crippen LogP contribution in [-0.4, -0.2) is 75.7 Å². The minimum atomic E-state index is -1.51. The predicted molar refractivity (Wildman–Crippen MR) is 82.9 cm³/mol. The Morgan fingerprint density at radius 2 is 1.92 bits per heavy atom. The van der Waals surface area contributed by atoms with Crippen molar-refractivity contribution in [3.05, 3.63) is 18.2 Å². The number of nitrogens with one attached hydrogen (secondary N) is 4. The number of nitrogens with two attached hydrogens (primary N) is 1. The first-order valence-electron chi connectivity index (χ1n) is 7.24. The lowest BCUT2D eigenvalue weighted by molar-refractivity contribution is -0.143. The van der Waals surface area contributed by atoms with E-state index in [0.717, 1.165) is 0 Å². The fraction of sp³-hybridized carbons (Fsp3) is 0.462. The minimum Gasteiger partial charge on any atom is -0.480 e. The number of aliphatic hydroxyl groups excluding tert-OH is 1. The highest BCUT2D eigenvalue weighted by Crippen LogP contribution is 2.00. The molecule has 0 aromatic carbocycles. The Balaban J connectivity index is 2.74. The van der Waals surface area contributed by atoms with Crippen LogP contribution in [0.5, 0.6) is 0 Å². The van der Waals surface area contributed by atoms with Gasteiger partial charge in [0.25, 0.3) is 0 Å². The van der Waals surface area contributed by atoms with Crippen LogP contribution in [0.1, 0.15) is 5.69 Å². The topological polar surface area (TPSA) is 200 Å². The molecule has 0 saturated heterocycles. The van der Waals surface area contributed by atoms with Gasteiger partial charge in [-0.2, -0.15) is 0 Å². The number of carboxylic acids is 1. The van der Waals surface area contributed by atoms with Crippen LogP contribution in [0, 0.1) is 0 Å². The lowest BCUT2D eigenvalue weighted by Gasteiger charge is -2.20. The van der Waals surface area contributed by atoms with E-state index in [9.17, 15) is 19.2 Å². The molecule has 138 valence electrons. The molecule has 12 nitrogen and oxygen atoms in total. The summed E-state index contributed by atoms with van der Waals surface area (Å²) in [6.07, 6.45) is 2.81. The van der Waals surface area contributed by atoms with E-state index in [1.165, 1.54) is 12.5 Å². The van der Waals surface area contributed by atoms with Crippen LogP contribution in [0.4, 0.5) is 0 Å². The van der Waals surface area contributed by atoms with Gasteiger partial charge in [-0.3, -0.25) is 14.4 Å². The standard InChI is InChI=1S/C13H20N6O6/c14-2-10(21)16-4-11(22)18-8(1-7-3-15-6-17-7)12(23)19-9(5-20)13(24)25/h3,6,8-9,20H,1-2,4-5,14H2,(H,15,17)(H,16,21)(H,18,22)(H,19,23)(H,24,25). The number of carbonyl (C=O) groups is 4. The van der Waals surface area contributed by atoms with Gasteiger partial charge in [0.1, 0.15) is 12.1 Å². The number of carboxylic acid groups (broad SMARTS) is 1. The van der Waals surface area contributed by atoms with E-state index < -0.39 is 48.9 Å². The summed E-state index contributed by atoms with van der Waals surface area (Å²) in [5, 5.41) is 24.6. The molecule has 1 heterocycles. The molecule has 0 aliphatic rings. The maximum atomic E-state index is 12.2. The summed E-state index contributed by atoms with van der Waals surface area (Å²) in [7, 11) is 0. The molecule has 0 fully saturated rings. The Morgan fingerprint density at radius 1 is 1.20 bits per heavy atom. The van der Waals surface area contributed by atoms with E-state index >= 15 is 0 Å². The van der Waals surface area contributed by atoms with Gasteiger partial charge in [0.05, 0.1) is 26.0 Å². The summed E-state index contributed by atoms with van der Waals surface area (Å²) in [6.45, 7) is -1.49. The largest absolute Gasteiger partial charge is 0.480 e. The second kappa shape index (κ2) is 10.00. The maximum Gasteiger partial charge on any atom is 0.328 e. The van der Waals surface area contributed by atoms with Gasteiger partial charge in [-0.25, -0.2) is 9.78 Å². The fourth-order valence-electron chi connectivity index (χ4n) is 1.78. The number of nitrogens with zero attached hydrogens (tertiary/aromatic N) is 1. The van der Waals surface area contributed by atoms with E-state index in [0.29, 0.717) is 5.69 Å².